The fourth-order valence-electron chi connectivity index (χ4n) is 3.46. The molecule has 0 unspecified atom stereocenters. The number of alkyl halides is 2. The van der Waals surface area contributed by atoms with Gasteiger partial charge >= 0.3 is 6.09 Å². The number of aromatic nitrogens is 2. The van der Waals surface area contributed by atoms with E-state index in [4.69, 9.17) is 4.74 Å². The van der Waals surface area contributed by atoms with Gasteiger partial charge in [-0.15, -0.1) is 0 Å². The van der Waals surface area contributed by atoms with Gasteiger partial charge in [0.1, 0.15) is 11.3 Å². The first kappa shape index (κ1) is 18.1. The van der Waals surface area contributed by atoms with Crippen LogP contribution in [0.2, 0.25) is 0 Å². The number of halogens is 2. The van der Waals surface area contributed by atoms with Gasteiger partial charge in [-0.1, -0.05) is 0 Å². The number of amides is 1. The van der Waals surface area contributed by atoms with Crippen LogP contribution in [0.25, 0.3) is 0 Å². The smallest absolute Gasteiger partial charge is 0.410 e. The summed E-state index contributed by atoms with van der Waals surface area (Å²) in [5, 5.41) is 14.2. The van der Waals surface area contributed by atoms with Gasteiger partial charge in [-0.05, 0) is 34.1 Å². The van der Waals surface area contributed by atoms with E-state index in [1.54, 1.807) is 20.8 Å². The van der Waals surface area contributed by atoms with Crippen LogP contribution in [-0.2, 0) is 30.2 Å². The van der Waals surface area contributed by atoms with Gasteiger partial charge in [0.05, 0.1) is 24.9 Å². The number of aliphatic hydroxyl groups is 1. The highest BCUT2D eigenvalue weighted by Crippen LogP contribution is 2.41. The van der Waals surface area contributed by atoms with Crippen molar-refractivity contribution in [2.24, 2.45) is 0 Å². The predicted octanol–water partition coefficient (Wildman–Crippen LogP) is 2.81. The lowest BCUT2D eigenvalue weighted by atomic mass is 9.96. The van der Waals surface area contributed by atoms with Crippen LogP contribution in [0, 0.1) is 0 Å². The molecule has 0 aliphatic carbocycles. The lowest BCUT2D eigenvalue weighted by Gasteiger charge is -2.35. The van der Waals surface area contributed by atoms with E-state index >= 15 is 0 Å². The minimum Gasteiger partial charge on any atom is -0.444 e. The van der Waals surface area contributed by atoms with E-state index in [9.17, 15) is 18.7 Å². The fraction of sp³-hybridized carbons (Fsp3) is 0.765. The quantitative estimate of drug-likeness (QED) is 0.775. The van der Waals surface area contributed by atoms with Gasteiger partial charge in [-0.2, -0.15) is 13.9 Å². The second kappa shape index (κ2) is 5.93. The second-order valence-corrected chi connectivity index (χ2v) is 8.01. The van der Waals surface area contributed by atoms with Crippen LogP contribution in [0.15, 0.2) is 0 Å². The highest BCUT2D eigenvalue weighted by atomic mass is 19.3. The highest BCUT2D eigenvalue weighted by Gasteiger charge is 2.45. The number of hydrogen-bond donors (Lipinski definition) is 1. The summed E-state index contributed by atoms with van der Waals surface area (Å²) in [6.07, 6.45) is -1.36. The first-order valence-corrected chi connectivity index (χ1v) is 8.62. The zero-order valence-electron chi connectivity index (χ0n) is 15.1. The molecule has 8 heteroatoms. The molecule has 6 nitrogen and oxygen atoms in total. The maximum Gasteiger partial charge on any atom is 0.410 e. The molecule has 2 aliphatic heterocycles. The van der Waals surface area contributed by atoms with Crippen LogP contribution in [0.4, 0.5) is 13.6 Å². The second-order valence-electron chi connectivity index (χ2n) is 8.01. The Morgan fingerprint density at radius 3 is 2.72 bits per heavy atom. The van der Waals surface area contributed by atoms with Crippen molar-refractivity contribution >= 4 is 6.09 Å². The molecule has 0 spiro atoms. The van der Waals surface area contributed by atoms with Crippen LogP contribution in [0.5, 0.6) is 0 Å². The molecule has 1 aromatic heterocycles. The molecule has 1 amide bonds. The van der Waals surface area contributed by atoms with Gasteiger partial charge in [0.15, 0.2) is 0 Å². The fourth-order valence-corrected chi connectivity index (χ4v) is 3.46. The van der Waals surface area contributed by atoms with Gasteiger partial charge in [-0.25, -0.2) is 4.79 Å². The van der Waals surface area contributed by atoms with Crippen LogP contribution >= 0.6 is 0 Å². The topological polar surface area (TPSA) is 67.6 Å². The number of fused-ring (bicyclic) bond motifs is 3. The van der Waals surface area contributed by atoms with Gasteiger partial charge in [0.2, 0.25) is 0 Å². The summed E-state index contributed by atoms with van der Waals surface area (Å²) >= 11 is 0. The largest absolute Gasteiger partial charge is 0.444 e. The Labute approximate surface area is 145 Å². The van der Waals surface area contributed by atoms with E-state index in [-0.39, 0.29) is 31.2 Å². The van der Waals surface area contributed by atoms with E-state index in [0.29, 0.717) is 17.7 Å². The molecule has 25 heavy (non-hydrogen) atoms. The number of ether oxygens (including phenoxy) is 1. The summed E-state index contributed by atoms with van der Waals surface area (Å²) in [5.41, 5.74) is 0.153. The van der Waals surface area contributed by atoms with Gasteiger partial charge in [0, 0.05) is 24.4 Å². The summed E-state index contributed by atoms with van der Waals surface area (Å²) in [4.78, 5) is 13.9. The Morgan fingerprint density at radius 2 is 2.08 bits per heavy atom. The van der Waals surface area contributed by atoms with Crippen molar-refractivity contribution in [1.82, 2.24) is 14.7 Å². The molecule has 2 aliphatic rings. The summed E-state index contributed by atoms with van der Waals surface area (Å²) in [6, 6.07) is -0.194. The van der Waals surface area contributed by atoms with E-state index in [2.05, 4.69) is 5.10 Å². The molecule has 0 bridgehead atoms. The first-order valence-electron chi connectivity index (χ1n) is 8.62. The van der Waals surface area contributed by atoms with E-state index in [0.717, 1.165) is 0 Å². The molecule has 0 fully saturated rings. The average molecular weight is 357 g/mol. The van der Waals surface area contributed by atoms with Crippen LogP contribution in [-0.4, -0.2) is 43.6 Å². The van der Waals surface area contributed by atoms with Crippen LogP contribution in [0.1, 0.15) is 57.5 Å². The van der Waals surface area contributed by atoms with E-state index in [1.165, 1.54) is 9.58 Å². The summed E-state index contributed by atoms with van der Waals surface area (Å²) in [5.74, 6) is -3.07. The monoisotopic (exact) mass is 357 g/mol. The molecule has 0 saturated carbocycles. The number of rotatable bonds is 0. The lowest BCUT2D eigenvalue weighted by Crippen LogP contribution is -2.45. The molecule has 140 valence electrons. The van der Waals surface area contributed by atoms with Crippen LogP contribution in [0.3, 0.4) is 0 Å². The van der Waals surface area contributed by atoms with Gasteiger partial charge in [-0.3, -0.25) is 4.68 Å². The molecule has 0 aromatic carbocycles. The van der Waals surface area contributed by atoms with Crippen molar-refractivity contribution in [3.05, 3.63) is 17.0 Å². The van der Waals surface area contributed by atoms with Crippen molar-refractivity contribution in [2.75, 3.05) is 0 Å². The molecule has 2 atom stereocenters. The third kappa shape index (κ3) is 3.49. The first-order chi connectivity index (χ1) is 11.5. The van der Waals surface area contributed by atoms with Crippen molar-refractivity contribution in [2.45, 2.75) is 83.7 Å². The van der Waals surface area contributed by atoms with Crippen molar-refractivity contribution in [3.8, 4) is 0 Å². The number of aliphatic hydroxyl groups excluding tert-OH is 1. The molecule has 3 heterocycles. The third-order valence-electron chi connectivity index (χ3n) is 4.63. The number of hydrogen-bond acceptors (Lipinski definition) is 4. The molecule has 3 rings (SSSR count). The molecule has 0 radical (unpaired) electrons. The van der Waals surface area contributed by atoms with Gasteiger partial charge < -0.3 is 14.7 Å². The summed E-state index contributed by atoms with van der Waals surface area (Å²) in [7, 11) is 0. The van der Waals surface area contributed by atoms with Crippen molar-refractivity contribution in [3.63, 3.8) is 0 Å². The van der Waals surface area contributed by atoms with Crippen molar-refractivity contribution < 1.29 is 23.4 Å². The number of nitrogens with zero attached hydrogens (tertiary/aromatic N) is 3. The Bertz CT molecular complexity index is 681. The number of carbonyl (C=O) groups excluding carboxylic acids is 1. The zero-order chi connectivity index (χ0) is 18.6. The molecular formula is C17H25F2N3O3. The Kier molecular flexibility index (Phi) is 4.29. The zero-order valence-corrected chi connectivity index (χ0v) is 15.1. The molecule has 1 N–H and O–H groups in total. The van der Waals surface area contributed by atoms with Crippen molar-refractivity contribution in [1.29, 1.82) is 0 Å². The molecule has 0 saturated heterocycles. The minimum atomic E-state index is -3.07. The highest BCUT2D eigenvalue weighted by molar-refractivity contribution is 5.69. The maximum atomic E-state index is 14.6. The Balaban J connectivity index is 1.96. The predicted molar refractivity (Wildman–Crippen MR) is 86.3 cm³/mol. The van der Waals surface area contributed by atoms with Crippen LogP contribution < -0.4 is 0 Å². The lowest BCUT2D eigenvalue weighted by molar-refractivity contribution is -0.0260. The van der Waals surface area contributed by atoms with Gasteiger partial charge in [0.25, 0.3) is 5.92 Å². The van der Waals surface area contributed by atoms with E-state index < -0.39 is 30.1 Å². The standard InChI is InChI=1S/C17H25F2N3O3/c1-10-7-13-12(9-21(10)15(24)25-16(2,3)4)14-17(18,19)6-5-11(23)8-22(14)20-13/h10-11,23H,5-9H2,1-4H3/t10-,11-/m0/s1. The molecule has 1 aromatic rings. The SMILES string of the molecule is C[C@H]1Cc2nn3c(c2CN1C(=O)OC(C)(C)C)C(F)(F)CC[C@H](O)C3. The normalized spacial score (nSPS) is 25.8. The molecular weight excluding hydrogens is 332 g/mol. The Morgan fingerprint density at radius 1 is 1.40 bits per heavy atom. The number of carbonyl (C=O) groups is 1. The Hall–Kier alpha value is -1.70. The third-order valence-corrected chi connectivity index (χ3v) is 4.63. The minimum absolute atomic E-state index is 0.0251. The maximum absolute atomic E-state index is 14.6. The average Bonchev–Trinajstić information content (AvgIpc) is 2.74. The van der Waals surface area contributed by atoms with E-state index in [1.807, 2.05) is 6.92 Å². The summed E-state index contributed by atoms with van der Waals surface area (Å²) in [6.45, 7) is 7.26. The summed E-state index contributed by atoms with van der Waals surface area (Å²) < 4.78 is 35.9.